The van der Waals surface area contributed by atoms with E-state index in [0.717, 1.165) is 47.1 Å². The van der Waals surface area contributed by atoms with Crippen molar-refractivity contribution >= 4 is 11.6 Å². The van der Waals surface area contributed by atoms with Crippen LogP contribution >= 0.6 is 11.6 Å². The van der Waals surface area contributed by atoms with Crippen LogP contribution in [0.15, 0.2) is 126 Å². The van der Waals surface area contributed by atoms with E-state index in [-0.39, 0.29) is 12.0 Å². The molecule has 0 amide bonds. The Bertz CT molecular complexity index is 1610. The summed E-state index contributed by atoms with van der Waals surface area (Å²) < 4.78 is 19.8. The molecule has 0 N–H and O–H groups in total. The van der Waals surface area contributed by atoms with Gasteiger partial charge in [0, 0.05) is 5.92 Å². The van der Waals surface area contributed by atoms with E-state index in [9.17, 15) is 0 Å². The number of benzene rings is 3. The van der Waals surface area contributed by atoms with E-state index >= 15 is 0 Å². The van der Waals surface area contributed by atoms with Crippen molar-refractivity contribution in [2.45, 2.75) is 59.4 Å². The molecule has 0 bridgehead atoms. The van der Waals surface area contributed by atoms with Crippen molar-refractivity contribution < 1.29 is 14.2 Å². The van der Waals surface area contributed by atoms with Crippen LogP contribution in [0.1, 0.15) is 62.8 Å². The molecule has 0 saturated heterocycles. The third-order valence-corrected chi connectivity index (χ3v) is 8.32. The fourth-order valence-corrected chi connectivity index (χ4v) is 5.76. The number of unbranched alkanes of at least 4 members (excludes halogenated alkanes) is 1. The highest BCUT2D eigenvalue weighted by atomic mass is 35.5. The quantitative estimate of drug-likeness (QED) is 0.0848. The van der Waals surface area contributed by atoms with E-state index in [4.69, 9.17) is 30.8 Å². The van der Waals surface area contributed by atoms with Gasteiger partial charge in [0.1, 0.15) is 24.1 Å². The van der Waals surface area contributed by atoms with Crippen LogP contribution < -0.4 is 9.47 Å². The Morgan fingerprint density at radius 2 is 1.53 bits per heavy atom. The average molecular weight is 620 g/mol. The van der Waals surface area contributed by atoms with Gasteiger partial charge in [0.15, 0.2) is 0 Å². The summed E-state index contributed by atoms with van der Waals surface area (Å²) in [4.78, 5) is 4.84. The molecular weight excluding hydrogens is 578 g/mol. The van der Waals surface area contributed by atoms with Crippen molar-refractivity contribution in [2.24, 2.45) is 5.92 Å². The van der Waals surface area contributed by atoms with Crippen molar-refractivity contribution in [3.8, 4) is 22.8 Å². The van der Waals surface area contributed by atoms with Gasteiger partial charge in [-0.1, -0.05) is 139 Å². The van der Waals surface area contributed by atoms with Gasteiger partial charge < -0.3 is 14.2 Å². The fraction of sp³-hybridized carbons (Fsp3) is 0.275. The molecule has 1 aliphatic heterocycles. The molecule has 5 rings (SSSR count). The lowest BCUT2D eigenvalue weighted by molar-refractivity contribution is 0.0282. The molecule has 4 aromatic rings. The molecular formula is C40H42ClNO3. The van der Waals surface area contributed by atoms with Crippen LogP contribution in [0.25, 0.3) is 11.1 Å². The van der Waals surface area contributed by atoms with Gasteiger partial charge in [-0.3, -0.25) is 0 Å². The highest BCUT2D eigenvalue weighted by Crippen LogP contribution is 2.49. The normalized spacial score (nSPS) is 16.9. The maximum absolute atomic E-state index is 6.98. The van der Waals surface area contributed by atoms with E-state index in [1.807, 2.05) is 78.9 Å². The van der Waals surface area contributed by atoms with Gasteiger partial charge in [-0.25, -0.2) is 4.98 Å². The Morgan fingerprint density at radius 3 is 2.16 bits per heavy atom. The van der Waals surface area contributed by atoms with Crippen LogP contribution in [0, 0.1) is 5.92 Å². The van der Waals surface area contributed by atoms with E-state index < -0.39 is 0 Å². The van der Waals surface area contributed by atoms with E-state index in [2.05, 4.69) is 57.2 Å². The summed E-state index contributed by atoms with van der Waals surface area (Å²) in [5.74, 6) is 1.10. The number of halogens is 1. The van der Waals surface area contributed by atoms with Gasteiger partial charge in [-0.2, -0.15) is 0 Å². The first kappa shape index (κ1) is 32.3. The summed E-state index contributed by atoms with van der Waals surface area (Å²) in [5.41, 5.74) is 7.12. The van der Waals surface area contributed by atoms with Gasteiger partial charge in [0.05, 0.1) is 23.8 Å². The number of hydrogen-bond acceptors (Lipinski definition) is 4. The molecule has 0 unspecified atom stereocenters. The molecule has 1 aromatic heterocycles. The summed E-state index contributed by atoms with van der Waals surface area (Å²) in [6.45, 7) is 7.65. The van der Waals surface area contributed by atoms with Gasteiger partial charge in [0.25, 0.3) is 0 Å². The van der Waals surface area contributed by atoms with E-state index in [1.54, 1.807) is 0 Å². The van der Waals surface area contributed by atoms with Gasteiger partial charge in [-0.15, -0.1) is 0 Å². The maximum atomic E-state index is 6.98. The number of nitrogens with zero attached hydrogens (tertiary/aromatic N) is 1. The number of hydrogen-bond donors (Lipinski definition) is 0. The molecule has 0 radical (unpaired) electrons. The minimum atomic E-state index is -0.344. The first-order valence-corrected chi connectivity index (χ1v) is 16.1. The summed E-state index contributed by atoms with van der Waals surface area (Å²) in [6, 6.07) is 30.2. The molecule has 2 heterocycles. The first-order chi connectivity index (χ1) is 22.0. The molecule has 0 spiro atoms. The Hall–Kier alpha value is -4.12. The minimum Gasteiger partial charge on any atom is -0.488 e. The van der Waals surface area contributed by atoms with E-state index in [0.29, 0.717) is 36.6 Å². The SMILES string of the molecule is C/C=C(\C)CCC/C=C/C1=C[C@@H](C)[C@H](c2c(OCc3ccccc3)nc(Cl)c(-c3ccccc3)c2OCc2ccccc2)OC1. The third-order valence-electron chi connectivity index (χ3n) is 8.05. The van der Waals surface area contributed by atoms with E-state index in [1.165, 1.54) is 11.1 Å². The highest BCUT2D eigenvalue weighted by Gasteiger charge is 2.34. The zero-order valence-corrected chi connectivity index (χ0v) is 27.2. The molecule has 0 aliphatic carbocycles. The first-order valence-electron chi connectivity index (χ1n) is 15.8. The topological polar surface area (TPSA) is 40.6 Å². The summed E-state index contributed by atoms with van der Waals surface area (Å²) in [7, 11) is 0. The van der Waals surface area contributed by atoms with Gasteiger partial charge >= 0.3 is 0 Å². The van der Waals surface area contributed by atoms with Gasteiger partial charge in [0.2, 0.25) is 5.88 Å². The second-order valence-corrected chi connectivity index (χ2v) is 11.9. The van der Waals surface area contributed by atoms with Crippen LogP contribution in [0.5, 0.6) is 11.6 Å². The molecule has 0 saturated carbocycles. The smallest absolute Gasteiger partial charge is 0.224 e. The number of pyridine rings is 1. The predicted molar refractivity (Wildman–Crippen MR) is 185 cm³/mol. The molecule has 2 atom stereocenters. The van der Waals surface area contributed by atoms with Crippen molar-refractivity contribution in [3.63, 3.8) is 0 Å². The van der Waals surface area contributed by atoms with Crippen LogP contribution in [0.4, 0.5) is 0 Å². The molecule has 45 heavy (non-hydrogen) atoms. The average Bonchev–Trinajstić information content (AvgIpc) is 3.07. The maximum Gasteiger partial charge on any atom is 0.224 e. The number of aromatic nitrogens is 1. The van der Waals surface area contributed by atoms with Crippen LogP contribution in [0.2, 0.25) is 5.15 Å². The number of ether oxygens (including phenoxy) is 3. The summed E-state index contributed by atoms with van der Waals surface area (Å²) >= 11 is 6.98. The lowest BCUT2D eigenvalue weighted by Gasteiger charge is -2.31. The second kappa shape index (κ2) is 16.3. The van der Waals surface area contributed by atoms with Crippen molar-refractivity contribution in [2.75, 3.05) is 6.61 Å². The summed E-state index contributed by atoms with van der Waals surface area (Å²) in [5, 5.41) is 0.326. The van der Waals surface area contributed by atoms with Crippen LogP contribution in [0.3, 0.4) is 0 Å². The van der Waals surface area contributed by atoms with Crippen molar-refractivity contribution in [3.05, 3.63) is 148 Å². The fourth-order valence-electron chi connectivity index (χ4n) is 5.49. The number of rotatable bonds is 13. The molecule has 0 fully saturated rings. The largest absolute Gasteiger partial charge is 0.488 e. The second-order valence-electron chi connectivity index (χ2n) is 11.5. The Labute approximate surface area is 273 Å². The molecule has 5 heteroatoms. The summed E-state index contributed by atoms with van der Waals surface area (Å²) in [6.07, 6.45) is 11.9. The molecule has 1 aliphatic rings. The Kier molecular flexibility index (Phi) is 11.7. The number of allylic oxidation sites excluding steroid dienone is 3. The zero-order chi connectivity index (χ0) is 31.4. The minimum absolute atomic E-state index is 0.0356. The molecule has 232 valence electrons. The van der Waals surface area contributed by atoms with Crippen molar-refractivity contribution in [1.82, 2.24) is 4.98 Å². The predicted octanol–water partition coefficient (Wildman–Crippen LogP) is 10.9. The molecule has 4 nitrogen and oxygen atoms in total. The lowest BCUT2D eigenvalue weighted by Crippen LogP contribution is -2.21. The van der Waals surface area contributed by atoms with Crippen molar-refractivity contribution in [1.29, 1.82) is 0 Å². The molecule has 3 aromatic carbocycles. The standard InChI is InChI=1S/C40H42ClNO3/c1-4-29(2)17-9-5-14-22-33-25-30(3)37(43-28-33)36-38(44-26-31-18-10-6-11-19-31)35(34-23-15-8-16-24-34)39(41)42-40(36)45-27-32-20-12-7-13-21-32/h4,6-8,10-16,18-25,30,37H,5,9,17,26-28H2,1-3H3/b22-14+,29-4+/t30-,37-/m1/s1. The lowest BCUT2D eigenvalue weighted by atomic mass is 9.90. The van der Waals surface area contributed by atoms with Gasteiger partial charge in [-0.05, 0) is 55.4 Å². The monoisotopic (exact) mass is 619 g/mol. The zero-order valence-electron chi connectivity index (χ0n) is 26.4. The van der Waals surface area contributed by atoms with Crippen LogP contribution in [-0.4, -0.2) is 11.6 Å². The highest BCUT2D eigenvalue weighted by molar-refractivity contribution is 6.32. The Morgan fingerprint density at radius 1 is 0.911 bits per heavy atom. The third kappa shape index (κ3) is 8.75. The Balaban J connectivity index is 1.52. The van der Waals surface area contributed by atoms with Crippen LogP contribution in [-0.2, 0) is 18.0 Å².